The SMILES string of the molecule is CCNC(=NCCCOCC1CCOC1)N1CCC(CC(C)C)C1.I. The molecule has 0 aromatic heterocycles. The van der Waals surface area contributed by atoms with Crippen LogP contribution in [0.2, 0.25) is 0 Å². The Bertz CT molecular complexity index is 374. The minimum atomic E-state index is 0. The van der Waals surface area contributed by atoms with Crippen LogP contribution < -0.4 is 5.32 Å². The van der Waals surface area contributed by atoms with Gasteiger partial charge >= 0.3 is 0 Å². The van der Waals surface area contributed by atoms with Crippen LogP contribution >= 0.6 is 24.0 Å². The zero-order chi connectivity index (χ0) is 17.2. The largest absolute Gasteiger partial charge is 0.381 e. The fourth-order valence-electron chi connectivity index (χ4n) is 3.63. The topological polar surface area (TPSA) is 46.1 Å². The van der Waals surface area contributed by atoms with E-state index in [9.17, 15) is 0 Å². The Morgan fingerprint density at radius 1 is 1.32 bits per heavy atom. The van der Waals surface area contributed by atoms with Gasteiger partial charge in [-0.05, 0) is 44.4 Å². The predicted molar refractivity (Wildman–Crippen MR) is 115 cm³/mol. The molecular formula is C19H38IN3O2. The number of likely N-dealkylation sites (tertiary alicyclic amines) is 1. The van der Waals surface area contributed by atoms with E-state index in [1.54, 1.807) is 0 Å². The normalized spacial score (nSPS) is 24.0. The predicted octanol–water partition coefficient (Wildman–Crippen LogP) is 3.38. The minimum absolute atomic E-state index is 0. The van der Waals surface area contributed by atoms with Crippen molar-refractivity contribution in [3.05, 3.63) is 0 Å². The number of rotatable bonds is 9. The third-order valence-electron chi connectivity index (χ3n) is 4.81. The third-order valence-corrected chi connectivity index (χ3v) is 4.81. The van der Waals surface area contributed by atoms with E-state index in [-0.39, 0.29) is 24.0 Å². The molecule has 5 nitrogen and oxygen atoms in total. The summed E-state index contributed by atoms with van der Waals surface area (Å²) < 4.78 is 11.1. The second kappa shape index (κ2) is 13.1. The Kier molecular flexibility index (Phi) is 12.1. The zero-order valence-electron chi connectivity index (χ0n) is 16.3. The highest BCUT2D eigenvalue weighted by Gasteiger charge is 2.25. The summed E-state index contributed by atoms with van der Waals surface area (Å²) >= 11 is 0. The van der Waals surface area contributed by atoms with Crippen molar-refractivity contribution in [3.63, 3.8) is 0 Å². The molecule has 0 aliphatic carbocycles. The van der Waals surface area contributed by atoms with Crippen molar-refractivity contribution in [2.75, 3.05) is 52.6 Å². The molecule has 0 radical (unpaired) electrons. The molecule has 2 fully saturated rings. The van der Waals surface area contributed by atoms with Crippen molar-refractivity contribution in [3.8, 4) is 0 Å². The van der Waals surface area contributed by atoms with E-state index in [1.807, 2.05) is 0 Å². The molecule has 2 aliphatic heterocycles. The van der Waals surface area contributed by atoms with Gasteiger partial charge in [0.05, 0.1) is 13.2 Å². The lowest BCUT2D eigenvalue weighted by Gasteiger charge is -2.22. The fourth-order valence-corrected chi connectivity index (χ4v) is 3.63. The van der Waals surface area contributed by atoms with Crippen molar-refractivity contribution < 1.29 is 9.47 Å². The van der Waals surface area contributed by atoms with Crippen LogP contribution in [0.1, 0.15) is 46.5 Å². The van der Waals surface area contributed by atoms with Gasteiger partial charge in [-0.15, -0.1) is 24.0 Å². The van der Waals surface area contributed by atoms with Crippen LogP contribution in [0.3, 0.4) is 0 Å². The molecular weight excluding hydrogens is 429 g/mol. The van der Waals surface area contributed by atoms with Crippen LogP contribution in [-0.2, 0) is 9.47 Å². The molecule has 2 heterocycles. The Morgan fingerprint density at radius 3 is 2.84 bits per heavy atom. The monoisotopic (exact) mass is 467 g/mol. The number of ether oxygens (including phenoxy) is 2. The molecule has 0 amide bonds. The first-order valence-corrected chi connectivity index (χ1v) is 9.87. The number of nitrogens with one attached hydrogen (secondary N) is 1. The van der Waals surface area contributed by atoms with Crippen LogP contribution in [0.25, 0.3) is 0 Å². The highest BCUT2D eigenvalue weighted by Crippen LogP contribution is 2.23. The average molecular weight is 467 g/mol. The molecule has 0 saturated carbocycles. The molecule has 0 aromatic carbocycles. The van der Waals surface area contributed by atoms with Gasteiger partial charge in [-0.2, -0.15) is 0 Å². The Balaban J connectivity index is 0.00000312. The molecule has 0 aromatic rings. The molecule has 25 heavy (non-hydrogen) atoms. The van der Waals surface area contributed by atoms with E-state index in [0.717, 1.165) is 83.2 Å². The second-order valence-electron chi connectivity index (χ2n) is 7.62. The number of hydrogen-bond donors (Lipinski definition) is 1. The first kappa shape index (κ1) is 23.0. The van der Waals surface area contributed by atoms with E-state index in [1.165, 1.54) is 12.8 Å². The molecule has 2 unspecified atom stereocenters. The Labute approximate surface area is 171 Å². The molecule has 148 valence electrons. The van der Waals surface area contributed by atoms with Crippen LogP contribution in [0.4, 0.5) is 0 Å². The van der Waals surface area contributed by atoms with E-state index in [0.29, 0.717) is 5.92 Å². The van der Waals surface area contributed by atoms with Crippen molar-refractivity contribution in [1.29, 1.82) is 0 Å². The molecule has 2 atom stereocenters. The first-order valence-electron chi connectivity index (χ1n) is 9.87. The third kappa shape index (κ3) is 8.91. The van der Waals surface area contributed by atoms with Gasteiger partial charge in [-0.1, -0.05) is 13.8 Å². The van der Waals surface area contributed by atoms with Gasteiger partial charge in [0.1, 0.15) is 0 Å². The number of guanidine groups is 1. The molecule has 2 saturated heterocycles. The van der Waals surface area contributed by atoms with Crippen LogP contribution in [0.5, 0.6) is 0 Å². The Hall–Kier alpha value is -0.0800. The summed E-state index contributed by atoms with van der Waals surface area (Å²) in [5, 5.41) is 3.45. The summed E-state index contributed by atoms with van der Waals surface area (Å²) in [6, 6.07) is 0. The number of aliphatic imine (C=N–C) groups is 1. The average Bonchev–Trinajstić information content (AvgIpc) is 3.21. The zero-order valence-corrected chi connectivity index (χ0v) is 18.7. The molecule has 1 N–H and O–H groups in total. The maximum Gasteiger partial charge on any atom is 0.193 e. The van der Waals surface area contributed by atoms with Gasteiger partial charge in [0.25, 0.3) is 0 Å². The van der Waals surface area contributed by atoms with Crippen molar-refractivity contribution >= 4 is 29.9 Å². The van der Waals surface area contributed by atoms with Crippen LogP contribution in [0, 0.1) is 17.8 Å². The number of nitrogens with zero attached hydrogens (tertiary/aromatic N) is 2. The lowest BCUT2D eigenvalue weighted by Crippen LogP contribution is -2.40. The molecule has 2 aliphatic rings. The minimum Gasteiger partial charge on any atom is -0.381 e. The van der Waals surface area contributed by atoms with Gasteiger partial charge < -0.3 is 19.7 Å². The van der Waals surface area contributed by atoms with Gasteiger partial charge in [0.2, 0.25) is 0 Å². The smallest absolute Gasteiger partial charge is 0.193 e. The number of halogens is 1. The van der Waals surface area contributed by atoms with E-state index in [2.05, 4.69) is 31.0 Å². The summed E-state index contributed by atoms with van der Waals surface area (Å²) in [6.45, 7) is 14.3. The summed E-state index contributed by atoms with van der Waals surface area (Å²) in [5.41, 5.74) is 0. The van der Waals surface area contributed by atoms with Crippen LogP contribution in [0.15, 0.2) is 4.99 Å². The highest BCUT2D eigenvalue weighted by atomic mass is 127. The van der Waals surface area contributed by atoms with E-state index < -0.39 is 0 Å². The molecule has 0 spiro atoms. The van der Waals surface area contributed by atoms with Crippen molar-refractivity contribution in [2.45, 2.75) is 46.5 Å². The van der Waals surface area contributed by atoms with E-state index in [4.69, 9.17) is 14.5 Å². The lowest BCUT2D eigenvalue weighted by molar-refractivity contribution is 0.0893. The first-order chi connectivity index (χ1) is 11.7. The summed E-state index contributed by atoms with van der Waals surface area (Å²) in [6.07, 6.45) is 4.77. The molecule has 0 bridgehead atoms. The summed E-state index contributed by atoms with van der Waals surface area (Å²) in [5.74, 6) is 3.31. The number of hydrogen-bond acceptors (Lipinski definition) is 3. The maximum atomic E-state index is 5.76. The van der Waals surface area contributed by atoms with E-state index >= 15 is 0 Å². The maximum absolute atomic E-state index is 5.76. The molecule has 2 rings (SSSR count). The van der Waals surface area contributed by atoms with Crippen LogP contribution in [-0.4, -0.2) is 63.5 Å². The Morgan fingerprint density at radius 2 is 2.16 bits per heavy atom. The second-order valence-corrected chi connectivity index (χ2v) is 7.62. The fraction of sp³-hybridized carbons (Fsp3) is 0.947. The van der Waals surface area contributed by atoms with Crippen molar-refractivity contribution in [2.24, 2.45) is 22.7 Å². The quantitative estimate of drug-likeness (QED) is 0.245. The standard InChI is InChI=1S/C19H37N3O2.HI/c1-4-20-19(22-9-6-17(13-22)12-16(2)3)21-8-5-10-23-14-18-7-11-24-15-18;/h16-18H,4-15H2,1-3H3,(H,20,21);1H. The van der Waals surface area contributed by atoms with Gasteiger partial charge in [0.15, 0.2) is 5.96 Å². The van der Waals surface area contributed by atoms with Gasteiger partial charge in [0, 0.05) is 45.3 Å². The lowest BCUT2D eigenvalue weighted by atomic mass is 9.97. The van der Waals surface area contributed by atoms with Crippen molar-refractivity contribution in [1.82, 2.24) is 10.2 Å². The highest BCUT2D eigenvalue weighted by molar-refractivity contribution is 14.0. The van der Waals surface area contributed by atoms with Gasteiger partial charge in [-0.25, -0.2) is 0 Å². The summed E-state index contributed by atoms with van der Waals surface area (Å²) in [4.78, 5) is 7.24. The van der Waals surface area contributed by atoms with Gasteiger partial charge in [-0.3, -0.25) is 4.99 Å². The summed E-state index contributed by atoms with van der Waals surface area (Å²) in [7, 11) is 0. The molecule has 6 heteroatoms.